The van der Waals surface area contributed by atoms with Crippen molar-refractivity contribution in [1.82, 2.24) is 9.97 Å². The van der Waals surface area contributed by atoms with Gasteiger partial charge in [0.1, 0.15) is 29.8 Å². The van der Waals surface area contributed by atoms with Gasteiger partial charge in [0, 0.05) is 33.7 Å². The lowest BCUT2D eigenvalue weighted by molar-refractivity contribution is 0.0736. The molecule has 3 aromatic rings. The van der Waals surface area contributed by atoms with Gasteiger partial charge in [-0.2, -0.15) is 4.36 Å². The largest absolute Gasteiger partial charge is 0.483 e. The van der Waals surface area contributed by atoms with Crippen LogP contribution < -0.4 is 10.1 Å². The Morgan fingerprint density at radius 3 is 2.77 bits per heavy atom. The predicted molar refractivity (Wildman–Crippen MR) is 117 cm³/mol. The van der Waals surface area contributed by atoms with E-state index in [0.29, 0.717) is 22.7 Å². The van der Waals surface area contributed by atoms with Crippen molar-refractivity contribution in [3.63, 3.8) is 0 Å². The fourth-order valence-electron chi connectivity index (χ4n) is 3.40. The Morgan fingerprint density at radius 1 is 1.26 bits per heavy atom. The summed E-state index contributed by atoms with van der Waals surface area (Å²) < 4.78 is 41.2. The van der Waals surface area contributed by atoms with Crippen LogP contribution in [0.4, 0.5) is 21.6 Å². The van der Waals surface area contributed by atoms with E-state index in [0.717, 1.165) is 10.9 Å². The predicted octanol–water partition coefficient (Wildman–Crippen LogP) is 3.32. The van der Waals surface area contributed by atoms with Gasteiger partial charge in [-0.25, -0.2) is 18.6 Å². The number of ether oxygens (including phenoxy) is 2. The van der Waals surface area contributed by atoms with Gasteiger partial charge in [-0.1, -0.05) is 0 Å². The van der Waals surface area contributed by atoms with Gasteiger partial charge in [-0.05, 0) is 36.8 Å². The molecule has 0 bridgehead atoms. The number of aliphatic hydroxyl groups excluding tert-OH is 1. The van der Waals surface area contributed by atoms with Crippen molar-refractivity contribution in [2.45, 2.75) is 19.1 Å². The first-order chi connectivity index (χ1) is 14.7. The molecular formula is C21H23FN4O4S. The average Bonchev–Trinajstić information content (AvgIpc) is 3.07. The Labute approximate surface area is 179 Å². The van der Waals surface area contributed by atoms with Gasteiger partial charge < -0.3 is 19.9 Å². The molecule has 1 aliphatic heterocycles. The highest BCUT2D eigenvalue weighted by Gasteiger charge is 2.29. The number of anilines is 2. The Hall–Kier alpha value is -2.82. The number of aromatic nitrogens is 2. The highest BCUT2D eigenvalue weighted by Crippen LogP contribution is 2.34. The third-order valence-electron chi connectivity index (χ3n) is 4.72. The lowest BCUT2D eigenvalue weighted by Crippen LogP contribution is -2.30. The van der Waals surface area contributed by atoms with Crippen LogP contribution in [0.2, 0.25) is 0 Å². The molecule has 0 amide bonds. The molecule has 0 aliphatic carbocycles. The van der Waals surface area contributed by atoms with E-state index in [2.05, 4.69) is 19.6 Å². The maximum atomic E-state index is 13.9. The number of nitrogens with zero attached hydrogens (tertiary/aromatic N) is 3. The maximum Gasteiger partial charge on any atom is 0.150 e. The quantitative estimate of drug-likeness (QED) is 0.619. The second kappa shape index (κ2) is 8.37. The second-order valence-corrected chi connectivity index (χ2v) is 10.2. The number of fused-ring (bicyclic) bond motifs is 1. The summed E-state index contributed by atoms with van der Waals surface area (Å²) in [6.07, 6.45) is 3.17. The fraction of sp³-hybridized carbons (Fsp3) is 0.333. The topological polar surface area (TPSA) is 106 Å². The van der Waals surface area contributed by atoms with Crippen LogP contribution in [0.3, 0.4) is 0 Å². The van der Waals surface area contributed by atoms with E-state index in [4.69, 9.17) is 9.47 Å². The molecule has 1 aromatic heterocycles. The highest BCUT2D eigenvalue weighted by molar-refractivity contribution is 7.92. The molecule has 0 spiro atoms. The Bertz CT molecular complexity index is 1250. The maximum absolute atomic E-state index is 13.9. The molecule has 0 unspecified atom stereocenters. The minimum Gasteiger partial charge on any atom is -0.483 e. The molecule has 0 radical (unpaired) electrons. The molecule has 31 heavy (non-hydrogen) atoms. The van der Waals surface area contributed by atoms with Gasteiger partial charge >= 0.3 is 0 Å². The van der Waals surface area contributed by atoms with Crippen LogP contribution in [0.25, 0.3) is 10.9 Å². The third kappa shape index (κ3) is 4.92. The summed E-state index contributed by atoms with van der Waals surface area (Å²) in [5, 5.41) is 13.9. The van der Waals surface area contributed by atoms with E-state index in [-0.39, 0.29) is 19.0 Å². The summed E-state index contributed by atoms with van der Waals surface area (Å²) in [5.41, 5.74) is 2.53. The summed E-state index contributed by atoms with van der Waals surface area (Å²) in [6, 6.07) is 7.67. The second-order valence-electron chi connectivity index (χ2n) is 7.68. The first kappa shape index (κ1) is 21.4. The van der Waals surface area contributed by atoms with Crippen LogP contribution in [0.15, 0.2) is 41.0 Å². The Balaban J connectivity index is 1.73. The van der Waals surface area contributed by atoms with E-state index in [1.54, 1.807) is 24.6 Å². The zero-order chi connectivity index (χ0) is 22.2. The summed E-state index contributed by atoms with van der Waals surface area (Å²) in [7, 11) is -2.31. The molecule has 2 atom stereocenters. The number of hydrogen-bond acceptors (Lipinski definition) is 8. The van der Waals surface area contributed by atoms with Crippen molar-refractivity contribution in [3.8, 4) is 5.75 Å². The van der Waals surface area contributed by atoms with Crippen molar-refractivity contribution in [2.24, 2.45) is 4.36 Å². The summed E-state index contributed by atoms with van der Waals surface area (Å²) >= 11 is 0. The standard InChI is InChI=1S/C21H23FN4O4S/c1-12-6-14(26-31(2,3)28)8-16-20(12)21(24-11-23-16)25-15-5-4-13(22)7-18(15)30-19-10-29-9-17(19)27/h4-8,11,17,19,27H,9-10H2,1-3H3,(H,23,24,25)/t17-,19+/m1/s1. The van der Waals surface area contributed by atoms with E-state index >= 15 is 0 Å². The van der Waals surface area contributed by atoms with Crippen LogP contribution in [0.1, 0.15) is 5.56 Å². The molecule has 2 heterocycles. The van der Waals surface area contributed by atoms with Gasteiger partial charge in [0.25, 0.3) is 0 Å². The summed E-state index contributed by atoms with van der Waals surface area (Å²) in [5.74, 6) is 0.274. The molecule has 4 rings (SSSR count). The molecule has 2 N–H and O–H groups in total. The number of halogens is 1. The Morgan fingerprint density at radius 2 is 2.06 bits per heavy atom. The number of rotatable bonds is 5. The molecule has 0 saturated carbocycles. The van der Waals surface area contributed by atoms with Crippen LogP contribution in [0.5, 0.6) is 5.75 Å². The van der Waals surface area contributed by atoms with E-state index < -0.39 is 27.8 Å². The SMILES string of the molecule is Cc1cc(N=S(C)(C)=O)cc2ncnc(Nc3ccc(F)cc3O[C@H]3COC[C@H]3O)c12. The number of nitrogens with one attached hydrogen (secondary N) is 1. The van der Waals surface area contributed by atoms with Gasteiger partial charge in [-0.3, -0.25) is 0 Å². The number of hydrogen-bond donors (Lipinski definition) is 2. The van der Waals surface area contributed by atoms with Crippen LogP contribution >= 0.6 is 0 Å². The normalized spacial score (nSPS) is 18.9. The monoisotopic (exact) mass is 446 g/mol. The molecule has 2 aromatic carbocycles. The zero-order valence-electron chi connectivity index (χ0n) is 17.3. The number of benzene rings is 2. The first-order valence-corrected chi connectivity index (χ1v) is 11.9. The zero-order valence-corrected chi connectivity index (χ0v) is 18.1. The smallest absolute Gasteiger partial charge is 0.150 e. The minimum atomic E-state index is -2.31. The van der Waals surface area contributed by atoms with Crippen molar-refractivity contribution in [2.75, 3.05) is 31.0 Å². The molecule has 1 aliphatic rings. The fourth-order valence-corrected chi connectivity index (χ4v) is 4.01. The first-order valence-electron chi connectivity index (χ1n) is 9.61. The van der Waals surface area contributed by atoms with Crippen molar-refractivity contribution in [1.29, 1.82) is 0 Å². The number of aryl methyl sites for hydroxylation is 1. The van der Waals surface area contributed by atoms with Gasteiger partial charge in [0.2, 0.25) is 0 Å². The lowest BCUT2D eigenvalue weighted by atomic mass is 10.1. The Kier molecular flexibility index (Phi) is 5.78. The van der Waals surface area contributed by atoms with E-state index in [1.807, 2.05) is 13.0 Å². The molecular weight excluding hydrogens is 423 g/mol. The van der Waals surface area contributed by atoms with E-state index in [1.165, 1.54) is 18.5 Å². The van der Waals surface area contributed by atoms with Crippen LogP contribution in [0, 0.1) is 12.7 Å². The van der Waals surface area contributed by atoms with Crippen molar-refractivity contribution >= 4 is 37.8 Å². The summed E-state index contributed by atoms with van der Waals surface area (Å²) in [6.45, 7) is 2.28. The van der Waals surface area contributed by atoms with E-state index in [9.17, 15) is 13.7 Å². The average molecular weight is 447 g/mol. The molecule has 10 heteroatoms. The summed E-state index contributed by atoms with van der Waals surface area (Å²) in [4.78, 5) is 8.66. The molecule has 1 saturated heterocycles. The van der Waals surface area contributed by atoms with Gasteiger partial charge in [0.15, 0.2) is 6.10 Å². The van der Waals surface area contributed by atoms with Gasteiger partial charge in [-0.15, -0.1) is 0 Å². The van der Waals surface area contributed by atoms with Crippen LogP contribution in [-0.2, 0) is 14.5 Å². The van der Waals surface area contributed by atoms with Crippen molar-refractivity contribution in [3.05, 3.63) is 48.0 Å². The number of aliphatic hydroxyl groups is 1. The highest BCUT2D eigenvalue weighted by atomic mass is 32.2. The van der Waals surface area contributed by atoms with Crippen molar-refractivity contribution < 1.29 is 23.2 Å². The van der Waals surface area contributed by atoms with Crippen LogP contribution in [-0.4, -0.2) is 57.2 Å². The van der Waals surface area contributed by atoms with Gasteiger partial charge in [0.05, 0.1) is 30.1 Å². The minimum absolute atomic E-state index is 0.174. The lowest BCUT2D eigenvalue weighted by Gasteiger charge is -2.19. The molecule has 1 fully saturated rings. The molecule has 8 nitrogen and oxygen atoms in total. The molecule has 164 valence electrons. The third-order valence-corrected chi connectivity index (χ3v) is 5.37.